The first-order valence-electron chi connectivity index (χ1n) is 10.9. The Hall–Kier alpha value is -2.46. The Morgan fingerprint density at radius 3 is 1.77 bits per heavy atom. The molecule has 0 spiro atoms. The molecule has 1 fully saturated rings. The zero-order chi connectivity index (χ0) is 20.7. The topological polar surface area (TPSA) is 32.7 Å². The number of hydrogen-bond acceptors (Lipinski definition) is 3. The number of aliphatic hydroxyl groups is 1. The molecule has 4 rings (SSSR count). The minimum Gasteiger partial charge on any atom is -0.396 e. The van der Waals surface area contributed by atoms with E-state index in [1.807, 2.05) is 6.07 Å². The Balaban J connectivity index is 1.53. The van der Waals surface area contributed by atoms with Crippen molar-refractivity contribution in [3.8, 4) is 0 Å². The van der Waals surface area contributed by atoms with Crippen molar-refractivity contribution in [1.82, 2.24) is 4.90 Å². The molecule has 2 atom stereocenters. The first-order valence-corrected chi connectivity index (χ1v) is 10.9. The summed E-state index contributed by atoms with van der Waals surface area (Å²) in [5, 5.41) is 9.61. The van der Waals surface area contributed by atoms with Crippen LogP contribution in [0.15, 0.2) is 91.0 Å². The largest absolute Gasteiger partial charge is 0.396 e. The van der Waals surface area contributed by atoms with Crippen LogP contribution in [0.3, 0.4) is 0 Å². The van der Waals surface area contributed by atoms with E-state index < -0.39 is 0 Å². The van der Waals surface area contributed by atoms with Gasteiger partial charge in [-0.25, -0.2) is 0 Å². The zero-order valence-electron chi connectivity index (χ0n) is 17.5. The van der Waals surface area contributed by atoms with Crippen LogP contribution in [0.5, 0.6) is 0 Å². The molecule has 30 heavy (non-hydrogen) atoms. The van der Waals surface area contributed by atoms with E-state index in [9.17, 15) is 5.11 Å². The van der Waals surface area contributed by atoms with Crippen molar-refractivity contribution in [2.45, 2.75) is 38.1 Å². The molecule has 0 aromatic heterocycles. The van der Waals surface area contributed by atoms with E-state index in [0.717, 1.165) is 25.9 Å². The molecule has 0 bridgehead atoms. The maximum absolute atomic E-state index is 9.61. The Morgan fingerprint density at radius 1 is 0.767 bits per heavy atom. The summed E-state index contributed by atoms with van der Waals surface area (Å²) < 4.78 is 6.26. The van der Waals surface area contributed by atoms with Crippen LogP contribution in [0.1, 0.15) is 29.5 Å². The zero-order valence-corrected chi connectivity index (χ0v) is 17.5. The van der Waals surface area contributed by atoms with E-state index >= 15 is 0 Å². The number of hydrogen-bond donors (Lipinski definition) is 1. The van der Waals surface area contributed by atoms with Crippen molar-refractivity contribution in [3.05, 3.63) is 108 Å². The van der Waals surface area contributed by atoms with Crippen LogP contribution in [0.25, 0.3) is 0 Å². The first kappa shape index (κ1) is 20.8. The number of benzene rings is 3. The second-order valence-electron chi connectivity index (χ2n) is 8.32. The van der Waals surface area contributed by atoms with E-state index in [1.54, 1.807) is 0 Å². The lowest BCUT2D eigenvalue weighted by molar-refractivity contribution is 0.0197. The van der Waals surface area contributed by atoms with E-state index in [2.05, 4.69) is 89.8 Å². The normalized spacial score (nSPS) is 20.4. The fourth-order valence-electron chi connectivity index (χ4n) is 4.45. The molecule has 1 N–H and O–H groups in total. The molecular formula is C27H31NO2. The van der Waals surface area contributed by atoms with Crippen LogP contribution in [0, 0.1) is 5.92 Å². The van der Waals surface area contributed by atoms with Gasteiger partial charge in [0, 0.05) is 25.2 Å². The van der Waals surface area contributed by atoms with Gasteiger partial charge in [-0.15, -0.1) is 0 Å². The van der Waals surface area contributed by atoms with E-state index in [1.165, 1.54) is 16.7 Å². The third-order valence-corrected chi connectivity index (χ3v) is 6.20. The van der Waals surface area contributed by atoms with Gasteiger partial charge < -0.3 is 9.84 Å². The third-order valence-electron chi connectivity index (χ3n) is 6.20. The highest BCUT2D eigenvalue weighted by molar-refractivity contribution is 5.21. The van der Waals surface area contributed by atoms with Crippen LogP contribution in [0.4, 0.5) is 0 Å². The lowest BCUT2D eigenvalue weighted by atomic mass is 10.1. The second-order valence-corrected chi connectivity index (χ2v) is 8.32. The molecule has 0 heterocycles. The van der Waals surface area contributed by atoms with Crippen molar-refractivity contribution in [2.75, 3.05) is 13.2 Å². The molecule has 3 heteroatoms. The van der Waals surface area contributed by atoms with Crippen LogP contribution in [0.2, 0.25) is 0 Å². The summed E-state index contributed by atoms with van der Waals surface area (Å²) in [7, 11) is 0. The quantitative estimate of drug-likeness (QED) is 0.488. The molecule has 3 aromatic rings. The minimum absolute atomic E-state index is 0.0246. The van der Waals surface area contributed by atoms with Gasteiger partial charge in [0.15, 0.2) is 0 Å². The maximum atomic E-state index is 9.61. The molecule has 2 unspecified atom stereocenters. The summed E-state index contributed by atoms with van der Waals surface area (Å²) >= 11 is 0. The SMILES string of the molecule is OCCC1CC1(COCc1ccccc1)N(Cc1ccccc1)Cc1ccccc1. The molecule has 156 valence electrons. The van der Waals surface area contributed by atoms with Crippen LogP contribution < -0.4 is 0 Å². The highest BCUT2D eigenvalue weighted by Gasteiger charge is 2.57. The fraction of sp³-hybridized carbons (Fsp3) is 0.333. The molecular weight excluding hydrogens is 370 g/mol. The van der Waals surface area contributed by atoms with Gasteiger partial charge in [0.1, 0.15) is 0 Å². The van der Waals surface area contributed by atoms with Gasteiger partial charge in [0.05, 0.1) is 13.2 Å². The molecule has 1 aliphatic carbocycles. The van der Waals surface area contributed by atoms with Crippen molar-refractivity contribution >= 4 is 0 Å². The maximum Gasteiger partial charge on any atom is 0.0717 e. The summed E-state index contributed by atoms with van der Waals surface area (Å²) in [5.74, 6) is 0.464. The lowest BCUT2D eigenvalue weighted by Gasteiger charge is -2.33. The number of aliphatic hydroxyl groups excluding tert-OH is 1. The van der Waals surface area contributed by atoms with E-state index in [-0.39, 0.29) is 12.1 Å². The second kappa shape index (κ2) is 10.0. The van der Waals surface area contributed by atoms with Gasteiger partial charge in [-0.3, -0.25) is 4.90 Å². The average molecular weight is 402 g/mol. The van der Waals surface area contributed by atoms with Gasteiger partial charge in [-0.05, 0) is 35.4 Å². The van der Waals surface area contributed by atoms with Gasteiger partial charge in [0.25, 0.3) is 0 Å². The molecule has 1 aliphatic rings. The van der Waals surface area contributed by atoms with Crippen molar-refractivity contribution < 1.29 is 9.84 Å². The van der Waals surface area contributed by atoms with Gasteiger partial charge in [-0.1, -0.05) is 91.0 Å². The number of nitrogens with zero attached hydrogens (tertiary/aromatic N) is 1. The molecule has 0 saturated heterocycles. The van der Waals surface area contributed by atoms with Gasteiger partial charge in [0.2, 0.25) is 0 Å². The van der Waals surface area contributed by atoms with Crippen LogP contribution in [-0.4, -0.2) is 28.8 Å². The summed E-state index contributed by atoms with van der Waals surface area (Å²) in [6, 6.07) is 31.7. The van der Waals surface area contributed by atoms with Crippen LogP contribution >= 0.6 is 0 Å². The van der Waals surface area contributed by atoms with Crippen molar-refractivity contribution in [2.24, 2.45) is 5.92 Å². The summed E-state index contributed by atoms with van der Waals surface area (Å²) in [6.45, 7) is 3.31. The molecule has 1 saturated carbocycles. The Morgan fingerprint density at radius 2 is 1.27 bits per heavy atom. The highest BCUT2D eigenvalue weighted by Crippen LogP contribution is 2.52. The standard InChI is InChI=1S/C27H31NO2/c29-17-16-26-18-27(26,22-30-21-25-14-8-3-9-15-25)28(19-23-10-4-1-5-11-23)20-24-12-6-2-7-13-24/h1-15,26,29H,16-22H2. The van der Waals surface area contributed by atoms with Gasteiger partial charge in [-0.2, -0.15) is 0 Å². The Labute approximate surface area is 179 Å². The fourth-order valence-corrected chi connectivity index (χ4v) is 4.45. The van der Waals surface area contributed by atoms with E-state index in [0.29, 0.717) is 19.1 Å². The third kappa shape index (κ3) is 5.17. The summed E-state index contributed by atoms with van der Waals surface area (Å²) in [4.78, 5) is 2.57. The number of rotatable bonds is 11. The van der Waals surface area contributed by atoms with E-state index in [4.69, 9.17) is 4.74 Å². The molecule has 3 aromatic carbocycles. The predicted octanol–water partition coefficient (Wildman–Crippen LogP) is 5.05. The predicted molar refractivity (Wildman–Crippen MR) is 121 cm³/mol. The molecule has 0 aliphatic heterocycles. The van der Waals surface area contributed by atoms with Crippen molar-refractivity contribution in [3.63, 3.8) is 0 Å². The molecule has 0 radical (unpaired) electrons. The highest BCUT2D eigenvalue weighted by atomic mass is 16.5. The first-order chi connectivity index (χ1) is 14.8. The van der Waals surface area contributed by atoms with Gasteiger partial charge >= 0.3 is 0 Å². The summed E-state index contributed by atoms with van der Waals surface area (Å²) in [6.07, 6.45) is 1.90. The monoisotopic (exact) mass is 401 g/mol. The minimum atomic E-state index is -0.0246. The molecule has 3 nitrogen and oxygen atoms in total. The lowest BCUT2D eigenvalue weighted by Crippen LogP contribution is -2.42. The molecule has 0 amide bonds. The van der Waals surface area contributed by atoms with Crippen LogP contribution in [-0.2, 0) is 24.4 Å². The number of ether oxygens (including phenoxy) is 1. The summed E-state index contributed by atoms with van der Waals surface area (Å²) in [5.41, 5.74) is 3.80. The Bertz CT molecular complexity index is 843. The van der Waals surface area contributed by atoms with Crippen molar-refractivity contribution in [1.29, 1.82) is 0 Å². The Kier molecular flexibility index (Phi) is 6.96. The average Bonchev–Trinajstić information content (AvgIpc) is 3.49. The smallest absolute Gasteiger partial charge is 0.0717 e.